The Morgan fingerprint density at radius 1 is 1.15 bits per heavy atom. The molecule has 1 N–H and O–H groups in total. The molecule has 2 aromatic carbocycles. The Hall–Kier alpha value is -3.68. The third-order valence-electron chi connectivity index (χ3n) is 4.08. The zero-order valence-corrected chi connectivity index (χ0v) is 14.1. The molecule has 134 valence electrons. The summed E-state index contributed by atoms with van der Waals surface area (Å²) in [6.07, 6.45) is 1.31. The van der Waals surface area contributed by atoms with Crippen molar-refractivity contribution >= 4 is 11.9 Å². The van der Waals surface area contributed by atoms with Crippen LogP contribution in [0.5, 0.6) is 11.5 Å². The van der Waals surface area contributed by atoms with Crippen LogP contribution in [0.1, 0.15) is 21.5 Å². The fourth-order valence-corrected chi connectivity index (χ4v) is 2.77. The van der Waals surface area contributed by atoms with Gasteiger partial charge in [0.05, 0.1) is 36.4 Å². The van der Waals surface area contributed by atoms with Crippen LogP contribution in [-0.2, 0) is 6.54 Å². The standard InChI is InChI=1S/C20H14FN3O3/c21-16-4-2-1-3-13(16)11-18-19(26)14-5-6-17(25)15(20(14)27-18)12-24(9-7-22)10-8-23/h1-6,11,25H,9-10,12H2. The van der Waals surface area contributed by atoms with Gasteiger partial charge in [-0.3, -0.25) is 9.69 Å². The second-order valence-corrected chi connectivity index (χ2v) is 5.86. The van der Waals surface area contributed by atoms with Gasteiger partial charge in [0.1, 0.15) is 17.3 Å². The highest BCUT2D eigenvalue weighted by Gasteiger charge is 2.31. The monoisotopic (exact) mass is 363 g/mol. The van der Waals surface area contributed by atoms with Gasteiger partial charge in [0.15, 0.2) is 5.76 Å². The molecule has 7 heteroatoms. The Labute approximate surface area is 154 Å². The molecule has 1 heterocycles. The Balaban J connectivity index is 1.98. The molecular formula is C20H14FN3O3. The van der Waals surface area contributed by atoms with Crippen LogP contribution < -0.4 is 4.74 Å². The summed E-state index contributed by atoms with van der Waals surface area (Å²) in [5, 5.41) is 28.0. The molecule has 0 radical (unpaired) electrons. The number of Topliss-reactive ketones (excluding diaryl/α,β-unsaturated/α-hetero) is 1. The van der Waals surface area contributed by atoms with Crippen LogP contribution in [0.4, 0.5) is 4.39 Å². The third kappa shape index (κ3) is 3.64. The number of phenolic OH excluding ortho intramolecular Hbond substituents is 1. The van der Waals surface area contributed by atoms with E-state index in [-0.39, 0.29) is 48.0 Å². The van der Waals surface area contributed by atoms with Crippen molar-refractivity contribution in [2.24, 2.45) is 0 Å². The minimum Gasteiger partial charge on any atom is -0.507 e. The smallest absolute Gasteiger partial charge is 0.231 e. The van der Waals surface area contributed by atoms with E-state index in [1.165, 1.54) is 35.2 Å². The Kier molecular flexibility index (Phi) is 5.16. The number of nitrogens with zero attached hydrogens (tertiary/aromatic N) is 3. The number of fused-ring (bicyclic) bond motifs is 1. The van der Waals surface area contributed by atoms with Gasteiger partial charge in [-0.2, -0.15) is 10.5 Å². The van der Waals surface area contributed by atoms with Crippen LogP contribution in [0.25, 0.3) is 6.08 Å². The van der Waals surface area contributed by atoms with Gasteiger partial charge in [0.2, 0.25) is 5.78 Å². The van der Waals surface area contributed by atoms with Crippen LogP contribution in [0.15, 0.2) is 42.2 Å². The average Bonchev–Trinajstić information content (AvgIpc) is 2.96. The molecule has 0 atom stereocenters. The zero-order valence-electron chi connectivity index (χ0n) is 14.1. The lowest BCUT2D eigenvalue weighted by atomic mass is 10.0. The number of hydrogen-bond acceptors (Lipinski definition) is 6. The number of carbonyl (C=O) groups is 1. The summed E-state index contributed by atoms with van der Waals surface area (Å²) in [6, 6.07) is 12.7. The summed E-state index contributed by atoms with van der Waals surface area (Å²) in [4.78, 5) is 14.1. The first-order valence-electron chi connectivity index (χ1n) is 8.05. The molecule has 0 amide bonds. The normalized spacial score (nSPS) is 13.9. The largest absolute Gasteiger partial charge is 0.507 e. The summed E-state index contributed by atoms with van der Waals surface area (Å²) < 4.78 is 19.5. The van der Waals surface area contributed by atoms with Gasteiger partial charge in [-0.1, -0.05) is 18.2 Å². The Bertz CT molecular complexity index is 1000. The molecule has 27 heavy (non-hydrogen) atoms. The number of phenols is 1. The SMILES string of the molecule is N#CCN(CC#N)Cc1c(O)ccc2c1OC(=Cc1ccccc1F)C2=O. The predicted octanol–water partition coefficient (Wildman–Crippen LogP) is 3.00. The number of benzene rings is 2. The molecule has 0 spiro atoms. The first-order chi connectivity index (χ1) is 13.0. The number of carbonyl (C=O) groups excluding carboxylic acids is 1. The molecule has 2 aromatic rings. The average molecular weight is 363 g/mol. The number of ketones is 1. The molecule has 6 nitrogen and oxygen atoms in total. The number of aromatic hydroxyl groups is 1. The van der Waals surface area contributed by atoms with Gasteiger partial charge in [-0.05, 0) is 24.3 Å². The summed E-state index contributed by atoms with van der Waals surface area (Å²) in [5.74, 6) is -0.941. The second kappa shape index (κ2) is 7.69. The van der Waals surface area contributed by atoms with Crippen molar-refractivity contribution in [3.05, 3.63) is 64.7 Å². The van der Waals surface area contributed by atoms with Gasteiger partial charge in [0, 0.05) is 12.1 Å². The van der Waals surface area contributed by atoms with Crippen LogP contribution in [-0.4, -0.2) is 28.9 Å². The quantitative estimate of drug-likeness (QED) is 0.648. The van der Waals surface area contributed by atoms with Gasteiger partial charge >= 0.3 is 0 Å². The minimum absolute atomic E-state index is 0.0253. The van der Waals surface area contributed by atoms with Crippen molar-refractivity contribution in [2.45, 2.75) is 6.54 Å². The van der Waals surface area contributed by atoms with E-state index < -0.39 is 11.6 Å². The van der Waals surface area contributed by atoms with Crippen molar-refractivity contribution in [2.75, 3.05) is 13.1 Å². The first-order valence-corrected chi connectivity index (χ1v) is 8.05. The summed E-state index contributed by atoms with van der Waals surface area (Å²) in [5.41, 5.74) is 0.734. The molecule has 3 rings (SSSR count). The molecule has 0 saturated carbocycles. The van der Waals surface area contributed by atoms with Crippen LogP contribution in [0.2, 0.25) is 0 Å². The molecule has 0 aliphatic carbocycles. The maximum Gasteiger partial charge on any atom is 0.231 e. The number of allylic oxidation sites excluding steroid dienone is 1. The molecule has 0 unspecified atom stereocenters. The lowest BCUT2D eigenvalue weighted by Gasteiger charge is -2.17. The van der Waals surface area contributed by atoms with Crippen molar-refractivity contribution in [3.63, 3.8) is 0 Å². The maximum atomic E-state index is 13.9. The van der Waals surface area contributed by atoms with Crippen molar-refractivity contribution in [1.82, 2.24) is 4.90 Å². The first kappa shape index (κ1) is 18.1. The van der Waals surface area contributed by atoms with Gasteiger partial charge in [-0.15, -0.1) is 0 Å². The van der Waals surface area contributed by atoms with E-state index in [4.69, 9.17) is 15.3 Å². The molecule has 1 aliphatic rings. The van der Waals surface area contributed by atoms with E-state index in [2.05, 4.69) is 0 Å². The molecule has 1 aliphatic heterocycles. The molecule has 0 saturated heterocycles. The van der Waals surface area contributed by atoms with E-state index in [9.17, 15) is 14.3 Å². The predicted molar refractivity (Wildman–Crippen MR) is 93.9 cm³/mol. The van der Waals surface area contributed by atoms with E-state index in [1.54, 1.807) is 12.1 Å². The second-order valence-electron chi connectivity index (χ2n) is 5.86. The summed E-state index contributed by atoms with van der Waals surface area (Å²) in [6.45, 7) is 0.00145. The molecular weight excluding hydrogens is 349 g/mol. The van der Waals surface area contributed by atoms with Crippen molar-refractivity contribution in [1.29, 1.82) is 10.5 Å². The molecule has 0 bridgehead atoms. The van der Waals surface area contributed by atoms with Crippen molar-refractivity contribution < 1.29 is 19.0 Å². The number of hydrogen-bond donors (Lipinski definition) is 1. The number of ether oxygens (including phenoxy) is 1. The van der Waals surface area contributed by atoms with Gasteiger partial charge < -0.3 is 9.84 Å². The molecule has 0 aromatic heterocycles. The highest BCUT2D eigenvalue weighted by molar-refractivity contribution is 6.15. The molecule has 0 fully saturated rings. The number of halogens is 1. The summed E-state index contributed by atoms with van der Waals surface area (Å²) >= 11 is 0. The lowest BCUT2D eigenvalue weighted by Crippen LogP contribution is -2.24. The van der Waals surface area contributed by atoms with Gasteiger partial charge in [-0.25, -0.2) is 4.39 Å². The Morgan fingerprint density at radius 3 is 2.52 bits per heavy atom. The number of nitriles is 2. The minimum atomic E-state index is -0.491. The van der Waals surface area contributed by atoms with E-state index in [0.717, 1.165) is 0 Å². The fourth-order valence-electron chi connectivity index (χ4n) is 2.77. The van der Waals surface area contributed by atoms with Crippen LogP contribution >= 0.6 is 0 Å². The maximum absolute atomic E-state index is 13.9. The zero-order chi connectivity index (χ0) is 19.4. The van der Waals surface area contributed by atoms with Gasteiger partial charge in [0.25, 0.3) is 0 Å². The van der Waals surface area contributed by atoms with Crippen LogP contribution in [0.3, 0.4) is 0 Å². The highest BCUT2D eigenvalue weighted by atomic mass is 19.1. The highest BCUT2D eigenvalue weighted by Crippen LogP contribution is 2.40. The topological polar surface area (TPSA) is 97.3 Å². The van der Waals surface area contributed by atoms with E-state index in [0.29, 0.717) is 5.56 Å². The summed E-state index contributed by atoms with van der Waals surface area (Å²) in [7, 11) is 0. The van der Waals surface area contributed by atoms with Crippen molar-refractivity contribution in [3.8, 4) is 23.6 Å². The Morgan fingerprint density at radius 2 is 1.85 bits per heavy atom. The third-order valence-corrected chi connectivity index (χ3v) is 4.08. The van der Waals surface area contributed by atoms with E-state index >= 15 is 0 Å². The fraction of sp³-hybridized carbons (Fsp3) is 0.150. The lowest BCUT2D eigenvalue weighted by molar-refractivity contribution is 0.101. The van der Waals surface area contributed by atoms with Crippen LogP contribution in [0, 0.1) is 28.5 Å². The van der Waals surface area contributed by atoms with E-state index in [1.807, 2.05) is 12.1 Å². The number of rotatable bonds is 5.